The zero-order valence-electron chi connectivity index (χ0n) is 8.05. The van der Waals surface area contributed by atoms with Crippen LogP contribution >= 0.6 is 39.5 Å². The van der Waals surface area contributed by atoms with E-state index in [9.17, 15) is 13.2 Å². The van der Waals surface area contributed by atoms with Crippen molar-refractivity contribution in [2.45, 2.75) is 10.4 Å². The highest BCUT2D eigenvalue weighted by molar-refractivity contribution is 9.10. The molecule has 0 aliphatic rings. The molecule has 0 radical (unpaired) electrons. The number of hydrogen-bond acceptors (Lipinski definition) is 3. The van der Waals surface area contributed by atoms with Crippen molar-refractivity contribution in [3.05, 3.63) is 22.7 Å². The Morgan fingerprint density at radius 1 is 1.25 bits per heavy atom. The predicted molar refractivity (Wildman–Crippen MR) is 67.8 cm³/mol. The summed E-state index contributed by atoms with van der Waals surface area (Å²) in [5.41, 5.74) is 2.14. The van der Waals surface area contributed by atoms with E-state index in [0.717, 1.165) is 9.37 Å². The van der Waals surface area contributed by atoms with Crippen molar-refractivity contribution in [2.24, 2.45) is 0 Å². The zero-order valence-corrected chi connectivity index (χ0v) is 11.3. The first kappa shape index (κ1) is 14.1. The van der Waals surface area contributed by atoms with E-state index < -0.39 is 5.51 Å². The first-order valence-electron chi connectivity index (χ1n) is 4.27. The highest BCUT2D eigenvalue weighted by Crippen LogP contribution is 2.33. The van der Waals surface area contributed by atoms with Crippen LogP contribution in [0.5, 0.6) is 0 Å². The normalized spacial score (nSPS) is 11.8. The molecule has 1 aromatic rings. The Morgan fingerprint density at radius 2 is 1.94 bits per heavy atom. The van der Waals surface area contributed by atoms with Crippen molar-refractivity contribution in [1.29, 1.82) is 0 Å². The van der Waals surface area contributed by atoms with Crippen molar-refractivity contribution in [1.82, 2.24) is 0 Å². The van der Waals surface area contributed by atoms with Crippen LogP contribution in [0.4, 0.5) is 18.9 Å². The first-order valence-corrected chi connectivity index (χ1v) is 7.03. The molecule has 0 fully saturated rings. The minimum absolute atomic E-state index is 0.00908. The second-order valence-electron chi connectivity index (χ2n) is 2.82. The Hall–Kier alpha value is -0.0100. The number of benzene rings is 1. The largest absolute Gasteiger partial charge is 0.441 e. The molecule has 0 aliphatic carbocycles. The third kappa shape index (κ3) is 5.36. The molecule has 2 N–H and O–H groups in total. The summed E-state index contributed by atoms with van der Waals surface area (Å²) in [5, 5.41) is 0. The molecule has 0 bridgehead atoms. The van der Waals surface area contributed by atoms with Crippen molar-refractivity contribution < 1.29 is 13.2 Å². The molecule has 1 rings (SSSR count). The Labute approximate surface area is 108 Å². The van der Waals surface area contributed by atoms with Gasteiger partial charge in [-0.05, 0) is 18.2 Å². The maximum Gasteiger partial charge on any atom is 0.441 e. The van der Waals surface area contributed by atoms with Crippen LogP contribution in [0, 0.1) is 0 Å². The molecule has 1 aromatic carbocycles. The van der Waals surface area contributed by atoms with Gasteiger partial charge >= 0.3 is 5.51 Å². The van der Waals surface area contributed by atoms with Gasteiger partial charge in [0.2, 0.25) is 0 Å². The molecule has 0 aliphatic heterocycles. The van der Waals surface area contributed by atoms with E-state index in [1.807, 2.05) is 6.07 Å². The summed E-state index contributed by atoms with van der Waals surface area (Å²) >= 11 is 4.58. The number of halogens is 4. The lowest BCUT2D eigenvalue weighted by Crippen LogP contribution is -2.02. The summed E-state index contributed by atoms with van der Waals surface area (Å²) < 4.78 is 36.4. The molecular formula is C9H9BrF3NS2. The van der Waals surface area contributed by atoms with Crippen LogP contribution in [0.2, 0.25) is 0 Å². The Bertz CT molecular complexity index is 357. The minimum atomic E-state index is -4.15. The number of alkyl halides is 3. The molecular weight excluding hydrogens is 323 g/mol. The molecule has 1 nitrogen and oxygen atoms in total. The summed E-state index contributed by atoms with van der Waals surface area (Å²) in [4.78, 5) is 0.811. The molecule has 0 atom stereocenters. The number of rotatable bonds is 4. The van der Waals surface area contributed by atoms with E-state index in [-0.39, 0.29) is 17.5 Å². The second kappa shape index (κ2) is 6.07. The van der Waals surface area contributed by atoms with Gasteiger partial charge in [-0.3, -0.25) is 0 Å². The van der Waals surface area contributed by atoms with Gasteiger partial charge in [0, 0.05) is 26.6 Å². The molecule has 16 heavy (non-hydrogen) atoms. The lowest BCUT2D eigenvalue weighted by molar-refractivity contribution is -0.0326. The van der Waals surface area contributed by atoms with Gasteiger partial charge in [0.05, 0.1) is 0 Å². The molecule has 0 spiro atoms. The molecule has 0 saturated carbocycles. The third-order valence-electron chi connectivity index (χ3n) is 1.58. The summed E-state index contributed by atoms with van der Waals surface area (Å²) in [7, 11) is 0. The highest BCUT2D eigenvalue weighted by Gasteiger charge is 2.27. The third-order valence-corrected chi connectivity index (χ3v) is 4.16. The van der Waals surface area contributed by atoms with Crippen LogP contribution in [0.15, 0.2) is 27.6 Å². The van der Waals surface area contributed by atoms with Gasteiger partial charge in [-0.25, -0.2) is 0 Å². The fourth-order valence-corrected chi connectivity index (χ4v) is 2.85. The van der Waals surface area contributed by atoms with Crippen LogP contribution in [0.1, 0.15) is 0 Å². The molecule has 0 aromatic heterocycles. The van der Waals surface area contributed by atoms with Crippen molar-refractivity contribution in [3.63, 3.8) is 0 Å². The van der Waals surface area contributed by atoms with Gasteiger partial charge in [-0.1, -0.05) is 27.7 Å². The van der Waals surface area contributed by atoms with Gasteiger partial charge in [-0.2, -0.15) is 13.2 Å². The fraction of sp³-hybridized carbons (Fsp3) is 0.333. The quantitative estimate of drug-likeness (QED) is 0.503. The standard InChI is InChI=1S/C9H9BrF3NS2/c10-6-1-2-8(7(14)5-6)15-3-4-16-9(11,12)13/h1-2,5H,3-4,14H2. The fourth-order valence-electron chi connectivity index (χ4n) is 0.960. The van der Waals surface area contributed by atoms with Crippen LogP contribution in [-0.2, 0) is 0 Å². The average Bonchev–Trinajstić information content (AvgIpc) is 2.13. The van der Waals surface area contributed by atoms with Gasteiger partial charge in [-0.15, -0.1) is 11.8 Å². The molecule has 0 amide bonds. The summed E-state index contributed by atoms with van der Waals surface area (Å²) in [6.07, 6.45) is 0. The Morgan fingerprint density at radius 3 is 2.50 bits per heavy atom. The number of thioether (sulfide) groups is 2. The molecule has 0 unspecified atom stereocenters. The van der Waals surface area contributed by atoms with Crippen molar-refractivity contribution >= 4 is 45.1 Å². The number of nitrogen functional groups attached to an aromatic ring is 1. The molecule has 7 heteroatoms. The van der Waals surface area contributed by atoms with Crippen molar-refractivity contribution in [2.75, 3.05) is 17.2 Å². The van der Waals surface area contributed by atoms with Gasteiger partial charge in [0.1, 0.15) is 0 Å². The Kier molecular flexibility index (Phi) is 5.33. The van der Waals surface area contributed by atoms with Crippen LogP contribution in [0.25, 0.3) is 0 Å². The van der Waals surface area contributed by atoms with E-state index in [0.29, 0.717) is 11.4 Å². The zero-order chi connectivity index (χ0) is 12.2. The lowest BCUT2D eigenvalue weighted by atomic mass is 10.3. The van der Waals surface area contributed by atoms with E-state index in [1.54, 1.807) is 12.1 Å². The number of hydrogen-bond donors (Lipinski definition) is 1. The van der Waals surface area contributed by atoms with Gasteiger partial charge in [0.15, 0.2) is 0 Å². The van der Waals surface area contributed by atoms with Crippen molar-refractivity contribution in [3.8, 4) is 0 Å². The minimum Gasteiger partial charge on any atom is -0.398 e. The maximum atomic E-state index is 11.8. The summed E-state index contributed by atoms with van der Waals surface area (Å²) in [6, 6.07) is 5.34. The highest BCUT2D eigenvalue weighted by atomic mass is 79.9. The maximum absolute atomic E-state index is 11.8. The number of nitrogens with two attached hydrogens (primary N) is 1. The first-order chi connectivity index (χ1) is 7.38. The average molecular weight is 332 g/mol. The summed E-state index contributed by atoms with van der Waals surface area (Å²) in [6.45, 7) is 0. The van der Waals surface area contributed by atoms with E-state index in [4.69, 9.17) is 5.73 Å². The second-order valence-corrected chi connectivity index (χ2v) is 6.04. The van der Waals surface area contributed by atoms with E-state index in [2.05, 4.69) is 15.9 Å². The predicted octanol–water partition coefficient (Wildman–Crippen LogP) is 4.38. The SMILES string of the molecule is Nc1cc(Br)ccc1SCCSC(F)(F)F. The monoisotopic (exact) mass is 331 g/mol. The van der Waals surface area contributed by atoms with E-state index >= 15 is 0 Å². The van der Waals surface area contributed by atoms with Gasteiger partial charge < -0.3 is 5.73 Å². The number of anilines is 1. The van der Waals surface area contributed by atoms with Crippen LogP contribution in [0.3, 0.4) is 0 Å². The molecule has 0 heterocycles. The molecule has 90 valence electrons. The molecule has 0 saturated heterocycles. The van der Waals surface area contributed by atoms with Crippen LogP contribution in [-0.4, -0.2) is 17.0 Å². The lowest BCUT2D eigenvalue weighted by Gasteiger charge is -2.07. The summed E-state index contributed by atoms with van der Waals surface area (Å²) in [5.74, 6) is 0.416. The van der Waals surface area contributed by atoms with Gasteiger partial charge in [0.25, 0.3) is 0 Å². The van der Waals surface area contributed by atoms with Crippen LogP contribution < -0.4 is 5.73 Å². The topological polar surface area (TPSA) is 26.0 Å². The smallest absolute Gasteiger partial charge is 0.398 e. The van der Waals surface area contributed by atoms with E-state index in [1.165, 1.54) is 11.8 Å². The Balaban J connectivity index is 2.38.